The molecule has 64 valence electrons. The SMILES string of the molecule is CCC1CCCCOC(=S)O1. The van der Waals surface area contributed by atoms with Crippen LogP contribution in [0.2, 0.25) is 0 Å². The Morgan fingerprint density at radius 1 is 1.55 bits per heavy atom. The summed E-state index contributed by atoms with van der Waals surface area (Å²) in [6, 6.07) is 0. The number of thiocarbonyl (C=S) groups is 1. The Morgan fingerprint density at radius 2 is 2.36 bits per heavy atom. The van der Waals surface area contributed by atoms with Gasteiger partial charge in [0, 0.05) is 12.2 Å². The van der Waals surface area contributed by atoms with E-state index in [0.717, 1.165) is 25.9 Å². The first-order valence-electron chi connectivity index (χ1n) is 4.16. The number of hydrogen-bond donors (Lipinski definition) is 0. The summed E-state index contributed by atoms with van der Waals surface area (Å²) in [6.45, 7) is 2.82. The quantitative estimate of drug-likeness (QED) is 0.568. The Morgan fingerprint density at radius 3 is 3.09 bits per heavy atom. The molecule has 1 saturated heterocycles. The van der Waals surface area contributed by atoms with E-state index in [9.17, 15) is 0 Å². The van der Waals surface area contributed by atoms with Crippen LogP contribution < -0.4 is 0 Å². The fraction of sp³-hybridized carbons (Fsp3) is 0.875. The van der Waals surface area contributed by atoms with Gasteiger partial charge in [0.25, 0.3) is 0 Å². The van der Waals surface area contributed by atoms with E-state index in [1.54, 1.807) is 0 Å². The lowest BCUT2D eigenvalue weighted by atomic mass is 10.1. The van der Waals surface area contributed by atoms with E-state index in [2.05, 4.69) is 6.92 Å². The van der Waals surface area contributed by atoms with Gasteiger partial charge in [0.05, 0.1) is 6.61 Å². The molecule has 0 spiro atoms. The average Bonchev–Trinajstić information content (AvgIpc) is 1.96. The first kappa shape index (κ1) is 8.78. The molecular formula is C8H14O2S. The van der Waals surface area contributed by atoms with Crippen LogP contribution in [0.4, 0.5) is 0 Å². The molecule has 11 heavy (non-hydrogen) atoms. The third-order valence-corrected chi connectivity index (χ3v) is 2.07. The minimum atomic E-state index is 0.280. The lowest BCUT2D eigenvalue weighted by molar-refractivity contribution is 0.0881. The summed E-state index contributed by atoms with van der Waals surface area (Å²) in [7, 11) is 0. The van der Waals surface area contributed by atoms with Crippen molar-refractivity contribution in [1.82, 2.24) is 0 Å². The molecule has 0 N–H and O–H groups in total. The van der Waals surface area contributed by atoms with Gasteiger partial charge < -0.3 is 9.47 Å². The first-order chi connectivity index (χ1) is 5.33. The largest absolute Gasteiger partial charge is 0.457 e. The fourth-order valence-electron chi connectivity index (χ4n) is 1.15. The van der Waals surface area contributed by atoms with Gasteiger partial charge in [-0.1, -0.05) is 6.92 Å². The van der Waals surface area contributed by atoms with Crippen LogP contribution >= 0.6 is 12.2 Å². The molecule has 0 amide bonds. The van der Waals surface area contributed by atoms with E-state index in [0.29, 0.717) is 5.24 Å². The van der Waals surface area contributed by atoms with Crippen LogP contribution in [0.25, 0.3) is 0 Å². The smallest absolute Gasteiger partial charge is 0.352 e. The first-order valence-corrected chi connectivity index (χ1v) is 4.57. The van der Waals surface area contributed by atoms with Crippen molar-refractivity contribution in [2.75, 3.05) is 6.61 Å². The fourth-order valence-corrected chi connectivity index (χ4v) is 1.37. The second kappa shape index (κ2) is 4.54. The van der Waals surface area contributed by atoms with Gasteiger partial charge in [-0.3, -0.25) is 0 Å². The molecule has 0 aromatic heterocycles. The van der Waals surface area contributed by atoms with Crippen LogP contribution in [0.15, 0.2) is 0 Å². The monoisotopic (exact) mass is 174 g/mol. The molecule has 1 fully saturated rings. The summed E-state index contributed by atoms with van der Waals surface area (Å²) in [5.74, 6) is 0. The number of ether oxygens (including phenoxy) is 2. The molecule has 1 aliphatic heterocycles. The Balaban J connectivity index is 2.35. The van der Waals surface area contributed by atoms with Crippen molar-refractivity contribution < 1.29 is 9.47 Å². The van der Waals surface area contributed by atoms with E-state index in [1.165, 1.54) is 6.42 Å². The molecule has 1 aliphatic rings. The minimum absolute atomic E-state index is 0.280. The van der Waals surface area contributed by atoms with Gasteiger partial charge in [-0.05, 0) is 25.7 Å². The topological polar surface area (TPSA) is 18.5 Å². The van der Waals surface area contributed by atoms with Crippen molar-refractivity contribution >= 4 is 17.5 Å². The maximum absolute atomic E-state index is 5.35. The molecule has 0 aromatic rings. The summed E-state index contributed by atoms with van der Waals surface area (Å²) in [6.07, 6.45) is 4.69. The van der Waals surface area contributed by atoms with E-state index in [4.69, 9.17) is 21.7 Å². The standard InChI is InChI=1S/C8H14O2S/c1-2-7-5-3-4-6-9-8(11)10-7/h7H,2-6H2,1H3. The zero-order valence-corrected chi connectivity index (χ0v) is 7.65. The van der Waals surface area contributed by atoms with Crippen molar-refractivity contribution in [3.05, 3.63) is 0 Å². The van der Waals surface area contributed by atoms with E-state index in [1.807, 2.05) is 0 Å². The summed E-state index contributed by atoms with van der Waals surface area (Å²) in [5, 5.41) is 0.330. The van der Waals surface area contributed by atoms with E-state index in [-0.39, 0.29) is 6.10 Å². The summed E-state index contributed by atoms with van der Waals surface area (Å²) < 4.78 is 10.5. The van der Waals surface area contributed by atoms with Gasteiger partial charge in [0.15, 0.2) is 0 Å². The van der Waals surface area contributed by atoms with Gasteiger partial charge in [-0.25, -0.2) is 0 Å². The minimum Gasteiger partial charge on any atom is -0.457 e. The third-order valence-electron chi connectivity index (χ3n) is 1.86. The van der Waals surface area contributed by atoms with Crippen molar-refractivity contribution in [3.8, 4) is 0 Å². The highest BCUT2D eigenvalue weighted by molar-refractivity contribution is 7.79. The van der Waals surface area contributed by atoms with Gasteiger partial charge in [-0.2, -0.15) is 0 Å². The highest BCUT2D eigenvalue weighted by Gasteiger charge is 2.12. The van der Waals surface area contributed by atoms with Gasteiger partial charge in [0.2, 0.25) is 0 Å². The van der Waals surface area contributed by atoms with E-state index >= 15 is 0 Å². The lowest BCUT2D eigenvalue weighted by Gasteiger charge is -2.20. The lowest BCUT2D eigenvalue weighted by Crippen LogP contribution is -2.21. The predicted octanol–water partition coefficient (Wildman–Crippen LogP) is 2.27. The Hall–Kier alpha value is -0.310. The Kier molecular flexibility index (Phi) is 3.63. The van der Waals surface area contributed by atoms with Crippen molar-refractivity contribution in [1.29, 1.82) is 0 Å². The highest BCUT2D eigenvalue weighted by Crippen LogP contribution is 2.12. The summed E-state index contributed by atoms with van der Waals surface area (Å²) in [5.41, 5.74) is 0. The van der Waals surface area contributed by atoms with Crippen molar-refractivity contribution in [2.45, 2.75) is 38.7 Å². The van der Waals surface area contributed by atoms with Gasteiger partial charge >= 0.3 is 5.24 Å². The normalized spacial score (nSPS) is 26.3. The molecule has 3 heteroatoms. The van der Waals surface area contributed by atoms with Gasteiger partial charge in [-0.15, -0.1) is 0 Å². The Bertz CT molecular complexity index is 136. The molecule has 1 rings (SSSR count). The van der Waals surface area contributed by atoms with Crippen LogP contribution in [0.5, 0.6) is 0 Å². The van der Waals surface area contributed by atoms with Crippen LogP contribution in [0.3, 0.4) is 0 Å². The molecule has 1 unspecified atom stereocenters. The summed E-state index contributed by atoms with van der Waals surface area (Å²) in [4.78, 5) is 0. The summed E-state index contributed by atoms with van der Waals surface area (Å²) >= 11 is 4.85. The Labute approximate surface area is 72.9 Å². The second-order valence-corrected chi connectivity index (χ2v) is 3.08. The number of hydrogen-bond acceptors (Lipinski definition) is 3. The molecule has 0 saturated carbocycles. The molecule has 0 bridgehead atoms. The number of rotatable bonds is 1. The molecule has 0 aliphatic carbocycles. The van der Waals surface area contributed by atoms with Crippen LogP contribution in [-0.4, -0.2) is 17.9 Å². The van der Waals surface area contributed by atoms with Crippen molar-refractivity contribution in [2.24, 2.45) is 0 Å². The zero-order chi connectivity index (χ0) is 8.10. The molecule has 1 atom stereocenters. The molecular weight excluding hydrogens is 160 g/mol. The van der Waals surface area contributed by atoms with E-state index < -0.39 is 0 Å². The highest BCUT2D eigenvalue weighted by atomic mass is 32.1. The van der Waals surface area contributed by atoms with Crippen LogP contribution in [-0.2, 0) is 9.47 Å². The molecule has 1 heterocycles. The maximum Gasteiger partial charge on any atom is 0.352 e. The second-order valence-electron chi connectivity index (χ2n) is 2.74. The van der Waals surface area contributed by atoms with Crippen LogP contribution in [0.1, 0.15) is 32.6 Å². The van der Waals surface area contributed by atoms with Gasteiger partial charge in [0.1, 0.15) is 6.10 Å². The van der Waals surface area contributed by atoms with Crippen molar-refractivity contribution in [3.63, 3.8) is 0 Å². The van der Waals surface area contributed by atoms with Crippen LogP contribution in [0, 0.1) is 0 Å². The zero-order valence-electron chi connectivity index (χ0n) is 6.84. The molecule has 2 nitrogen and oxygen atoms in total. The molecule has 0 radical (unpaired) electrons. The third kappa shape index (κ3) is 3.06. The molecule has 0 aromatic carbocycles. The predicted molar refractivity (Wildman–Crippen MR) is 47.6 cm³/mol. The average molecular weight is 174 g/mol. The maximum atomic E-state index is 5.35.